The highest BCUT2D eigenvalue weighted by Gasteiger charge is 2.17. The van der Waals surface area contributed by atoms with Gasteiger partial charge in [-0.1, -0.05) is 23.7 Å². The van der Waals surface area contributed by atoms with Crippen molar-refractivity contribution in [1.29, 1.82) is 0 Å². The lowest BCUT2D eigenvalue weighted by Gasteiger charge is -2.09. The predicted octanol–water partition coefficient (Wildman–Crippen LogP) is 1.71. The Labute approximate surface area is 129 Å². The molecule has 0 amide bonds. The van der Waals surface area contributed by atoms with Crippen molar-refractivity contribution in [3.63, 3.8) is 0 Å². The molecule has 3 N–H and O–H groups in total. The maximum absolute atomic E-state index is 12.2. The van der Waals surface area contributed by atoms with Gasteiger partial charge in [0, 0.05) is 31.4 Å². The Morgan fingerprint density at radius 1 is 1.24 bits per heavy atom. The van der Waals surface area contributed by atoms with Gasteiger partial charge < -0.3 is 5.73 Å². The first-order valence-electron chi connectivity index (χ1n) is 6.41. The number of pyridine rings is 1. The average Bonchev–Trinajstić information content (AvgIpc) is 2.47. The zero-order valence-electron chi connectivity index (χ0n) is 11.3. The first kappa shape index (κ1) is 15.9. The number of hydrogen-bond acceptors (Lipinski definition) is 4. The monoisotopic (exact) mass is 325 g/mol. The number of rotatable bonds is 6. The molecule has 0 saturated carbocycles. The van der Waals surface area contributed by atoms with Gasteiger partial charge in [-0.05, 0) is 29.8 Å². The third kappa shape index (κ3) is 4.25. The van der Waals surface area contributed by atoms with Gasteiger partial charge in [0.2, 0.25) is 10.0 Å². The molecule has 0 aliphatic carbocycles. The minimum absolute atomic E-state index is 0.0578. The SMILES string of the molecule is NCc1ccc(S(=O)(=O)NCCc2ccccn2)c(Cl)c1. The van der Waals surface area contributed by atoms with E-state index in [1.165, 1.54) is 6.07 Å². The summed E-state index contributed by atoms with van der Waals surface area (Å²) in [5, 5.41) is 0.170. The second-order valence-corrected chi connectivity index (χ2v) is 6.58. The van der Waals surface area contributed by atoms with Crippen LogP contribution < -0.4 is 10.5 Å². The molecule has 1 aromatic heterocycles. The molecule has 0 unspecified atom stereocenters. The predicted molar refractivity (Wildman–Crippen MR) is 82.5 cm³/mol. The van der Waals surface area contributed by atoms with Gasteiger partial charge in [-0.3, -0.25) is 4.98 Å². The fourth-order valence-corrected chi connectivity index (χ4v) is 3.42. The second-order valence-electron chi connectivity index (χ2n) is 4.44. The Hall–Kier alpha value is -1.47. The minimum Gasteiger partial charge on any atom is -0.326 e. The highest BCUT2D eigenvalue weighted by molar-refractivity contribution is 7.89. The number of sulfonamides is 1. The van der Waals surface area contributed by atoms with Crippen LogP contribution in [0.2, 0.25) is 5.02 Å². The van der Waals surface area contributed by atoms with Crippen molar-refractivity contribution in [2.75, 3.05) is 6.54 Å². The average molecular weight is 326 g/mol. The molecule has 0 spiro atoms. The van der Waals surface area contributed by atoms with E-state index in [1.54, 1.807) is 18.3 Å². The number of hydrogen-bond donors (Lipinski definition) is 2. The highest BCUT2D eigenvalue weighted by Crippen LogP contribution is 2.22. The Bertz CT molecular complexity index is 705. The van der Waals surface area contributed by atoms with Crippen LogP contribution in [-0.4, -0.2) is 19.9 Å². The topological polar surface area (TPSA) is 85.1 Å². The van der Waals surface area contributed by atoms with E-state index in [2.05, 4.69) is 9.71 Å². The van der Waals surface area contributed by atoms with Crippen LogP contribution >= 0.6 is 11.6 Å². The molecule has 5 nitrogen and oxygen atoms in total. The lowest BCUT2D eigenvalue weighted by Crippen LogP contribution is -2.26. The summed E-state index contributed by atoms with van der Waals surface area (Å²) >= 11 is 6.00. The summed E-state index contributed by atoms with van der Waals surface area (Å²) < 4.78 is 26.9. The van der Waals surface area contributed by atoms with Crippen molar-refractivity contribution < 1.29 is 8.42 Å². The first-order valence-corrected chi connectivity index (χ1v) is 8.27. The Morgan fingerprint density at radius 2 is 2.05 bits per heavy atom. The molecule has 112 valence electrons. The summed E-state index contributed by atoms with van der Waals surface area (Å²) in [4.78, 5) is 4.19. The first-order chi connectivity index (χ1) is 10.0. The quantitative estimate of drug-likeness (QED) is 0.846. The summed E-state index contributed by atoms with van der Waals surface area (Å²) in [6.07, 6.45) is 2.19. The van der Waals surface area contributed by atoms with Crippen molar-refractivity contribution >= 4 is 21.6 Å². The van der Waals surface area contributed by atoms with Crippen LogP contribution in [0.3, 0.4) is 0 Å². The smallest absolute Gasteiger partial charge is 0.242 e. The van der Waals surface area contributed by atoms with Crippen molar-refractivity contribution in [3.05, 3.63) is 58.9 Å². The lowest BCUT2D eigenvalue weighted by atomic mass is 10.2. The molecular formula is C14H16ClN3O2S. The van der Waals surface area contributed by atoms with Crippen LogP contribution in [0.5, 0.6) is 0 Å². The van der Waals surface area contributed by atoms with Crippen molar-refractivity contribution in [2.45, 2.75) is 17.9 Å². The van der Waals surface area contributed by atoms with E-state index < -0.39 is 10.0 Å². The van der Waals surface area contributed by atoms with E-state index in [0.717, 1.165) is 11.3 Å². The van der Waals surface area contributed by atoms with E-state index in [-0.39, 0.29) is 16.5 Å². The highest BCUT2D eigenvalue weighted by atomic mass is 35.5. The zero-order valence-corrected chi connectivity index (χ0v) is 12.9. The van der Waals surface area contributed by atoms with Crippen molar-refractivity contribution in [2.24, 2.45) is 5.73 Å². The molecule has 1 heterocycles. The van der Waals surface area contributed by atoms with Crippen molar-refractivity contribution in [1.82, 2.24) is 9.71 Å². The van der Waals surface area contributed by atoms with E-state index in [0.29, 0.717) is 13.0 Å². The number of benzene rings is 1. The molecule has 0 atom stereocenters. The fourth-order valence-electron chi connectivity index (χ4n) is 1.83. The summed E-state index contributed by atoms with van der Waals surface area (Å²) in [6, 6.07) is 10.2. The number of halogens is 1. The summed E-state index contributed by atoms with van der Waals surface area (Å²) in [5.74, 6) is 0. The Balaban J connectivity index is 2.05. The Morgan fingerprint density at radius 3 is 2.67 bits per heavy atom. The molecular weight excluding hydrogens is 310 g/mol. The number of nitrogens with two attached hydrogens (primary N) is 1. The van der Waals surface area contributed by atoms with Gasteiger partial charge in [0.25, 0.3) is 0 Å². The second kappa shape index (κ2) is 7.00. The number of nitrogens with zero attached hydrogens (tertiary/aromatic N) is 1. The van der Waals surface area contributed by atoms with Crippen molar-refractivity contribution in [3.8, 4) is 0 Å². The normalized spacial score (nSPS) is 11.5. The van der Waals surface area contributed by atoms with Gasteiger partial charge >= 0.3 is 0 Å². The summed E-state index contributed by atoms with van der Waals surface area (Å²) in [6.45, 7) is 0.571. The Kier molecular flexibility index (Phi) is 5.30. The van der Waals surface area contributed by atoms with Crippen LogP contribution in [-0.2, 0) is 23.0 Å². The van der Waals surface area contributed by atoms with Crippen LogP contribution in [0.1, 0.15) is 11.3 Å². The van der Waals surface area contributed by atoms with Gasteiger partial charge in [0.1, 0.15) is 4.90 Å². The van der Waals surface area contributed by atoms with Crippen LogP contribution in [0.15, 0.2) is 47.5 Å². The van der Waals surface area contributed by atoms with Crippen LogP contribution in [0, 0.1) is 0 Å². The number of aromatic nitrogens is 1. The molecule has 2 rings (SSSR count). The van der Waals surface area contributed by atoms with Crippen LogP contribution in [0.25, 0.3) is 0 Å². The standard InChI is InChI=1S/C14H16ClN3O2S/c15-13-9-11(10-16)4-5-14(13)21(19,20)18-8-6-12-3-1-2-7-17-12/h1-5,7,9,18H,6,8,10,16H2. The molecule has 0 aliphatic heterocycles. The largest absolute Gasteiger partial charge is 0.326 e. The number of nitrogens with one attached hydrogen (secondary N) is 1. The van der Waals surface area contributed by atoms with Gasteiger partial charge in [0.15, 0.2) is 0 Å². The molecule has 7 heteroatoms. The molecule has 0 radical (unpaired) electrons. The van der Waals surface area contributed by atoms with E-state index in [1.807, 2.05) is 18.2 Å². The van der Waals surface area contributed by atoms with Gasteiger partial charge in [-0.15, -0.1) is 0 Å². The third-order valence-electron chi connectivity index (χ3n) is 2.92. The van der Waals surface area contributed by atoms with Gasteiger partial charge in [-0.25, -0.2) is 13.1 Å². The minimum atomic E-state index is -3.64. The molecule has 0 aliphatic rings. The maximum Gasteiger partial charge on any atom is 0.242 e. The van der Waals surface area contributed by atoms with E-state index in [4.69, 9.17) is 17.3 Å². The molecule has 21 heavy (non-hydrogen) atoms. The van der Waals surface area contributed by atoms with Crippen LogP contribution in [0.4, 0.5) is 0 Å². The van der Waals surface area contributed by atoms with E-state index >= 15 is 0 Å². The molecule has 0 fully saturated rings. The van der Waals surface area contributed by atoms with E-state index in [9.17, 15) is 8.42 Å². The molecule has 0 bridgehead atoms. The molecule has 2 aromatic rings. The summed E-state index contributed by atoms with van der Waals surface area (Å²) in [5.41, 5.74) is 7.10. The zero-order chi connectivity index (χ0) is 15.3. The summed E-state index contributed by atoms with van der Waals surface area (Å²) in [7, 11) is -3.64. The lowest BCUT2D eigenvalue weighted by molar-refractivity contribution is 0.581. The van der Waals surface area contributed by atoms with Gasteiger partial charge in [0.05, 0.1) is 5.02 Å². The molecule has 0 saturated heterocycles. The fraction of sp³-hybridized carbons (Fsp3) is 0.214. The third-order valence-corrected chi connectivity index (χ3v) is 4.86. The molecule has 1 aromatic carbocycles. The van der Waals surface area contributed by atoms with Gasteiger partial charge in [-0.2, -0.15) is 0 Å². The maximum atomic E-state index is 12.2.